The Morgan fingerprint density at radius 1 is 1.25 bits per heavy atom. The molecule has 1 aliphatic rings. The van der Waals surface area contributed by atoms with E-state index >= 15 is 0 Å². The van der Waals surface area contributed by atoms with Gasteiger partial charge in [-0.15, -0.1) is 0 Å². The van der Waals surface area contributed by atoms with Crippen molar-refractivity contribution in [1.29, 1.82) is 0 Å². The van der Waals surface area contributed by atoms with Crippen LogP contribution in [0.2, 0.25) is 0 Å². The van der Waals surface area contributed by atoms with Crippen molar-refractivity contribution in [3.05, 3.63) is 35.4 Å². The fraction of sp³-hybridized carbons (Fsp3) is 0.529. The Hall–Kier alpha value is -2.05. The van der Waals surface area contributed by atoms with E-state index in [1.54, 1.807) is 24.3 Å². The van der Waals surface area contributed by atoms with Crippen molar-refractivity contribution in [2.24, 2.45) is 5.92 Å². The van der Waals surface area contributed by atoms with E-state index in [0.29, 0.717) is 24.9 Å². The summed E-state index contributed by atoms with van der Waals surface area (Å²) in [5.74, 6) is -2.13. The lowest BCUT2D eigenvalue weighted by Crippen LogP contribution is -2.44. The first-order chi connectivity index (χ1) is 11.3. The molecule has 0 bridgehead atoms. The molecule has 24 heavy (non-hydrogen) atoms. The molecule has 1 fully saturated rings. The summed E-state index contributed by atoms with van der Waals surface area (Å²) in [6.07, 6.45) is -3.20. The average molecular weight is 343 g/mol. The van der Waals surface area contributed by atoms with Gasteiger partial charge in [-0.25, -0.2) is 4.79 Å². The van der Waals surface area contributed by atoms with Crippen LogP contribution in [0.1, 0.15) is 35.2 Å². The van der Waals surface area contributed by atoms with Crippen molar-refractivity contribution in [1.82, 2.24) is 4.90 Å². The van der Waals surface area contributed by atoms with E-state index < -0.39 is 18.1 Å². The third kappa shape index (κ3) is 4.72. The normalized spacial score (nSPS) is 18.3. The number of carbonyl (C=O) groups is 2. The number of rotatable bonds is 4. The predicted molar refractivity (Wildman–Crippen MR) is 81.5 cm³/mol. The summed E-state index contributed by atoms with van der Waals surface area (Å²) in [7, 11) is 1.29. The third-order valence-corrected chi connectivity index (χ3v) is 4.24. The second-order valence-corrected chi connectivity index (χ2v) is 5.91. The molecular weight excluding hydrogens is 323 g/mol. The number of piperidine rings is 1. The topological polar surface area (TPSA) is 46.6 Å². The minimum absolute atomic E-state index is 0.0856. The number of aryl methyl sites for hydroxylation is 1. The predicted octanol–water partition coefficient (Wildman–Crippen LogP) is 3.21. The van der Waals surface area contributed by atoms with Gasteiger partial charge in [0.25, 0.3) is 0 Å². The molecule has 4 nitrogen and oxygen atoms in total. The third-order valence-electron chi connectivity index (χ3n) is 4.24. The Morgan fingerprint density at radius 2 is 1.92 bits per heavy atom. The number of hydrogen-bond donors (Lipinski definition) is 0. The lowest BCUT2D eigenvalue weighted by molar-refractivity contribution is -0.188. The Balaban J connectivity index is 1.87. The molecule has 1 saturated heterocycles. The Bertz CT molecular complexity index is 584. The molecule has 0 aliphatic carbocycles. The minimum Gasteiger partial charge on any atom is -0.465 e. The molecule has 1 amide bonds. The van der Waals surface area contributed by atoms with Crippen LogP contribution >= 0.6 is 0 Å². The first kappa shape index (κ1) is 18.3. The minimum atomic E-state index is -4.25. The Labute approximate surface area is 138 Å². The van der Waals surface area contributed by atoms with E-state index in [1.807, 2.05) is 0 Å². The molecule has 0 radical (unpaired) electrons. The van der Waals surface area contributed by atoms with Crippen LogP contribution < -0.4 is 0 Å². The summed E-state index contributed by atoms with van der Waals surface area (Å²) in [6.45, 7) is 0.135. The molecular formula is C17H20F3NO3. The number of likely N-dealkylation sites (tertiary alicyclic amines) is 1. The van der Waals surface area contributed by atoms with E-state index in [-0.39, 0.29) is 25.3 Å². The number of carbonyl (C=O) groups excluding carboxylic acids is 2. The Kier molecular flexibility index (Phi) is 5.85. The summed E-state index contributed by atoms with van der Waals surface area (Å²) in [5, 5.41) is 0. The molecule has 1 atom stereocenters. The van der Waals surface area contributed by atoms with Gasteiger partial charge < -0.3 is 9.64 Å². The standard InChI is InChI=1S/C17H20F3NO3/c1-24-16(23)13-7-4-12(5-8-13)6-9-15(22)21-10-2-3-14(11-21)17(18,19)20/h4-5,7-8,14H,2-3,6,9-11H2,1H3. The van der Waals surface area contributed by atoms with Gasteiger partial charge in [-0.3, -0.25) is 4.79 Å². The molecule has 0 aromatic heterocycles. The molecule has 1 aromatic rings. The van der Waals surface area contributed by atoms with Gasteiger partial charge >= 0.3 is 12.1 Å². The molecule has 0 spiro atoms. The number of methoxy groups -OCH3 is 1. The summed E-state index contributed by atoms with van der Waals surface area (Å²) in [6, 6.07) is 6.64. The largest absolute Gasteiger partial charge is 0.465 e. The van der Waals surface area contributed by atoms with E-state index in [1.165, 1.54) is 12.0 Å². The number of halogens is 3. The van der Waals surface area contributed by atoms with Crippen LogP contribution in [-0.2, 0) is 16.0 Å². The van der Waals surface area contributed by atoms with E-state index in [0.717, 1.165) is 5.56 Å². The zero-order chi connectivity index (χ0) is 17.7. The Morgan fingerprint density at radius 3 is 2.50 bits per heavy atom. The quantitative estimate of drug-likeness (QED) is 0.789. The highest BCUT2D eigenvalue weighted by Gasteiger charge is 2.42. The molecule has 1 aromatic carbocycles. The molecule has 1 heterocycles. The molecule has 0 saturated carbocycles. The van der Waals surface area contributed by atoms with E-state index in [9.17, 15) is 22.8 Å². The van der Waals surface area contributed by atoms with Crippen LogP contribution in [0.4, 0.5) is 13.2 Å². The first-order valence-electron chi connectivity index (χ1n) is 7.83. The van der Waals surface area contributed by atoms with Crippen LogP contribution in [0.15, 0.2) is 24.3 Å². The van der Waals surface area contributed by atoms with Gasteiger partial charge in [0, 0.05) is 19.5 Å². The maximum absolute atomic E-state index is 12.8. The van der Waals surface area contributed by atoms with Gasteiger partial charge in [-0.1, -0.05) is 12.1 Å². The fourth-order valence-corrected chi connectivity index (χ4v) is 2.81. The van der Waals surface area contributed by atoms with Crippen molar-refractivity contribution in [3.8, 4) is 0 Å². The number of nitrogens with zero attached hydrogens (tertiary/aromatic N) is 1. The van der Waals surface area contributed by atoms with Gasteiger partial charge in [0.1, 0.15) is 0 Å². The van der Waals surface area contributed by atoms with Crippen molar-refractivity contribution < 1.29 is 27.5 Å². The van der Waals surface area contributed by atoms with Crippen LogP contribution in [0.5, 0.6) is 0 Å². The zero-order valence-corrected chi connectivity index (χ0v) is 13.4. The van der Waals surface area contributed by atoms with Crippen LogP contribution in [0.25, 0.3) is 0 Å². The number of ether oxygens (including phenoxy) is 1. The molecule has 2 rings (SSSR count). The fourth-order valence-electron chi connectivity index (χ4n) is 2.81. The maximum atomic E-state index is 12.8. The number of alkyl halides is 3. The highest BCUT2D eigenvalue weighted by atomic mass is 19.4. The molecule has 0 N–H and O–H groups in total. The van der Waals surface area contributed by atoms with Gasteiger partial charge in [0.15, 0.2) is 0 Å². The van der Waals surface area contributed by atoms with E-state index in [4.69, 9.17) is 0 Å². The van der Waals surface area contributed by atoms with Crippen molar-refractivity contribution in [3.63, 3.8) is 0 Å². The summed E-state index contributed by atoms with van der Waals surface area (Å²) in [5.41, 5.74) is 1.26. The highest BCUT2D eigenvalue weighted by Crippen LogP contribution is 2.33. The summed E-state index contributed by atoms with van der Waals surface area (Å²) in [4.78, 5) is 24.8. The van der Waals surface area contributed by atoms with Gasteiger partial charge in [-0.2, -0.15) is 13.2 Å². The van der Waals surface area contributed by atoms with Gasteiger partial charge in [0.2, 0.25) is 5.91 Å². The molecule has 1 aliphatic heterocycles. The second kappa shape index (κ2) is 7.68. The second-order valence-electron chi connectivity index (χ2n) is 5.91. The first-order valence-corrected chi connectivity index (χ1v) is 7.83. The average Bonchev–Trinajstić information content (AvgIpc) is 2.58. The van der Waals surface area contributed by atoms with Gasteiger partial charge in [0.05, 0.1) is 18.6 Å². The highest BCUT2D eigenvalue weighted by molar-refractivity contribution is 5.89. The summed E-state index contributed by atoms with van der Waals surface area (Å²) >= 11 is 0. The summed E-state index contributed by atoms with van der Waals surface area (Å²) < 4.78 is 43.0. The van der Waals surface area contributed by atoms with E-state index in [2.05, 4.69) is 4.74 Å². The number of amides is 1. The number of benzene rings is 1. The lowest BCUT2D eigenvalue weighted by Gasteiger charge is -2.33. The molecule has 7 heteroatoms. The molecule has 132 valence electrons. The zero-order valence-electron chi connectivity index (χ0n) is 13.4. The van der Waals surface area contributed by atoms with Crippen molar-refractivity contribution in [2.75, 3.05) is 20.2 Å². The smallest absolute Gasteiger partial charge is 0.393 e. The monoisotopic (exact) mass is 343 g/mol. The number of esters is 1. The number of hydrogen-bond acceptors (Lipinski definition) is 3. The van der Waals surface area contributed by atoms with Crippen molar-refractivity contribution >= 4 is 11.9 Å². The van der Waals surface area contributed by atoms with Crippen LogP contribution in [0.3, 0.4) is 0 Å². The van der Waals surface area contributed by atoms with Crippen LogP contribution in [-0.4, -0.2) is 43.2 Å². The maximum Gasteiger partial charge on any atom is 0.393 e. The SMILES string of the molecule is COC(=O)c1ccc(CCC(=O)N2CCCC(C(F)(F)F)C2)cc1. The molecule has 1 unspecified atom stereocenters. The van der Waals surface area contributed by atoms with Crippen LogP contribution in [0, 0.1) is 5.92 Å². The van der Waals surface area contributed by atoms with Gasteiger partial charge in [-0.05, 0) is 37.0 Å². The van der Waals surface area contributed by atoms with Crippen molar-refractivity contribution in [2.45, 2.75) is 31.9 Å². The lowest BCUT2D eigenvalue weighted by atomic mass is 9.97.